The first-order chi connectivity index (χ1) is 9.28. The standard InChI is InChI=1S/C14H20N4O/c1-2-6-17-7-9-18(10-8-17)14-16-13-11(15)4-3-5-12(13)19-14/h3-5H,2,6-10,15H2,1H3. The third kappa shape index (κ3) is 2.38. The first-order valence-electron chi connectivity index (χ1n) is 6.90. The lowest BCUT2D eigenvalue weighted by Gasteiger charge is -2.33. The van der Waals surface area contributed by atoms with Gasteiger partial charge in [-0.1, -0.05) is 13.0 Å². The molecule has 0 amide bonds. The van der Waals surface area contributed by atoms with Crippen LogP contribution < -0.4 is 10.6 Å². The lowest BCUT2D eigenvalue weighted by Crippen LogP contribution is -2.46. The third-order valence-corrected chi connectivity index (χ3v) is 3.62. The Labute approximate surface area is 113 Å². The van der Waals surface area contributed by atoms with Crippen LogP contribution in [0.5, 0.6) is 0 Å². The van der Waals surface area contributed by atoms with Crippen molar-refractivity contribution >= 4 is 22.8 Å². The quantitative estimate of drug-likeness (QED) is 0.855. The van der Waals surface area contributed by atoms with Gasteiger partial charge in [0, 0.05) is 26.2 Å². The zero-order valence-electron chi connectivity index (χ0n) is 11.3. The summed E-state index contributed by atoms with van der Waals surface area (Å²) in [5, 5.41) is 0. The maximum absolute atomic E-state index is 5.91. The molecule has 0 saturated carbocycles. The fourth-order valence-electron chi connectivity index (χ4n) is 2.57. The molecule has 5 nitrogen and oxygen atoms in total. The zero-order valence-corrected chi connectivity index (χ0v) is 11.3. The molecule has 2 heterocycles. The predicted octanol–water partition coefficient (Wildman–Crippen LogP) is 1.94. The number of benzene rings is 1. The maximum Gasteiger partial charge on any atom is 0.298 e. The molecular weight excluding hydrogens is 240 g/mol. The van der Waals surface area contributed by atoms with Gasteiger partial charge in [-0.15, -0.1) is 0 Å². The van der Waals surface area contributed by atoms with E-state index < -0.39 is 0 Å². The van der Waals surface area contributed by atoms with Crippen molar-refractivity contribution < 1.29 is 4.42 Å². The second kappa shape index (κ2) is 5.09. The molecule has 0 aliphatic carbocycles. The predicted molar refractivity (Wildman–Crippen MR) is 77.4 cm³/mol. The molecule has 19 heavy (non-hydrogen) atoms. The highest BCUT2D eigenvalue weighted by molar-refractivity contribution is 5.86. The molecule has 0 radical (unpaired) electrons. The van der Waals surface area contributed by atoms with Gasteiger partial charge < -0.3 is 15.1 Å². The van der Waals surface area contributed by atoms with Crippen LogP contribution in [0.3, 0.4) is 0 Å². The maximum atomic E-state index is 5.91. The van der Waals surface area contributed by atoms with Gasteiger partial charge in [0.25, 0.3) is 6.01 Å². The van der Waals surface area contributed by atoms with Crippen LogP contribution in [-0.4, -0.2) is 42.6 Å². The Bertz CT molecular complexity index is 558. The Morgan fingerprint density at radius 1 is 1.26 bits per heavy atom. The molecule has 1 aromatic carbocycles. The van der Waals surface area contributed by atoms with Gasteiger partial charge in [0.2, 0.25) is 0 Å². The largest absolute Gasteiger partial charge is 0.423 e. The van der Waals surface area contributed by atoms with Crippen molar-refractivity contribution in [1.82, 2.24) is 9.88 Å². The summed E-state index contributed by atoms with van der Waals surface area (Å²) in [4.78, 5) is 9.20. The molecule has 0 spiro atoms. The molecule has 1 aliphatic heterocycles. The fourth-order valence-corrected chi connectivity index (χ4v) is 2.57. The Kier molecular flexibility index (Phi) is 3.29. The third-order valence-electron chi connectivity index (χ3n) is 3.62. The van der Waals surface area contributed by atoms with E-state index in [-0.39, 0.29) is 0 Å². The molecule has 1 aliphatic rings. The smallest absolute Gasteiger partial charge is 0.298 e. The normalized spacial score (nSPS) is 17.2. The van der Waals surface area contributed by atoms with Crippen molar-refractivity contribution in [2.75, 3.05) is 43.4 Å². The highest BCUT2D eigenvalue weighted by atomic mass is 16.4. The minimum Gasteiger partial charge on any atom is -0.423 e. The summed E-state index contributed by atoms with van der Waals surface area (Å²) >= 11 is 0. The van der Waals surface area contributed by atoms with Gasteiger partial charge in [0.05, 0.1) is 5.69 Å². The van der Waals surface area contributed by atoms with Crippen molar-refractivity contribution in [2.45, 2.75) is 13.3 Å². The van der Waals surface area contributed by atoms with Crippen LogP contribution >= 0.6 is 0 Å². The monoisotopic (exact) mass is 260 g/mol. The number of oxazole rings is 1. The number of hydrogen-bond acceptors (Lipinski definition) is 5. The Morgan fingerprint density at radius 2 is 2.05 bits per heavy atom. The van der Waals surface area contributed by atoms with Crippen LogP contribution in [0.25, 0.3) is 11.1 Å². The summed E-state index contributed by atoms with van der Waals surface area (Å²) in [7, 11) is 0. The van der Waals surface area contributed by atoms with Crippen LogP contribution in [0, 0.1) is 0 Å². The number of piperazine rings is 1. The van der Waals surface area contributed by atoms with Gasteiger partial charge >= 0.3 is 0 Å². The number of nitrogens with two attached hydrogens (primary N) is 1. The summed E-state index contributed by atoms with van der Waals surface area (Å²) in [5.74, 6) is 0. The van der Waals surface area contributed by atoms with Crippen molar-refractivity contribution in [3.05, 3.63) is 18.2 Å². The molecule has 0 bridgehead atoms. The van der Waals surface area contributed by atoms with Gasteiger partial charge in [0.1, 0.15) is 5.52 Å². The second-order valence-corrected chi connectivity index (χ2v) is 5.02. The van der Waals surface area contributed by atoms with E-state index >= 15 is 0 Å². The first-order valence-corrected chi connectivity index (χ1v) is 6.90. The lowest BCUT2D eigenvalue weighted by atomic mass is 10.3. The van der Waals surface area contributed by atoms with Gasteiger partial charge in [-0.3, -0.25) is 4.90 Å². The number of anilines is 2. The van der Waals surface area contributed by atoms with Gasteiger partial charge in [-0.05, 0) is 25.1 Å². The zero-order chi connectivity index (χ0) is 13.2. The molecule has 1 fully saturated rings. The van der Waals surface area contributed by atoms with E-state index in [0.717, 1.165) is 37.3 Å². The fraction of sp³-hybridized carbons (Fsp3) is 0.500. The van der Waals surface area contributed by atoms with E-state index in [1.807, 2.05) is 18.2 Å². The number of aromatic nitrogens is 1. The average molecular weight is 260 g/mol. The lowest BCUT2D eigenvalue weighted by molar-refractivity contribution is 0.254. The van der Waals surface area contributed by atoms with Crippen LogP contribution in [0.4, 0.5) is 11.7 Å². The van der Waals surface area contributed by atoms with Crippen molar-refractivity contribution in [2.24, 2.45) is 0 Å². The van der Waals surface area contributed by atoms with E-state index in [0.29, 0.717) is 11.7 Å². The Hall–Kier alpha value is -1.75. The van der Waals surface area contributed by atoms with E-state index in [1.165, 1.54) is 13.0 Å². The summed E-state index contributed by atoms with van der Waals surface area (Å²) in [5.41, 5.74) is 8.13. The van der Waals surface area contributed by atoms with Crippen LogP contribution in [-0.2, 0) is 0 Å². The van der Waals surface area contributed by atoms with E-state index in [1.54, 1.807) is 0 Å². The minimum absolute atomic E-state index is 0.678. The SMILES string of the molecule is CCCN1CCN(c2nc3c(N)cccc3o2)CC1. The summed E-state index contributed by atoms with van der Waals surface area (Å²) in [6, 6.07) is 6.36. The summed E-state index contributed by atoms with van der Waals surface area (Å²) in [6.07, 6.45) is 1.21. The number of nitrogen functional groups attached to an aromatic ring is 1. The minimum atomic E-state index is 0.678. The van der Waals surface area contributed by atoms with Gasteiger partial charge in [-0.25, -0.2) is 0 Å². The van der Waals surface area contributed by atoms with Crippen molar-refractivity contribution in [3.8, 4) is 0 Å². The number of rotatable bonds is 3. The van der Waals surface area contributed by atoms with Crippen LogP contribution in [0.15, 0.2) is 22.6 Å². The van der Waals surface area contributed by atoms with Crippen LogP contribution in [0.2, 0.25) is 0 Å². The average Bonchev–Trinajstić information content (AvgIpc) is 2.85. The molecule has 3 rings (SSSR count). The van der Waals surface area contributed by atoms with E-state index in [4.69, 9.17) is 10.2 Å². The topological polar surface area (TPSA) is 58.5 Å². The molecule has 2 N–H and O–H groups in total. The van der Waals surface area contributed by atoms with E-state index in [9.17, 15) is 0 Å². The number of para-hydroxylation sites is 1. The molecule has 102 valence electrons. The van der Waals surface area contributed by atoms with Crippen LogP contribution in [0.1, 0.15) is 13.3 Å². The Balaban J connectivity index is 1.77. The van der Waals surface area contributed by atoms with E-state index in [2.05, 4.69) is 21.7 Å². The molecule has 1 saturated heterocycles. The number of fused-ring (bicyclic) bond motifs is 1. The first kappa shape index (κ1) is 12.3. The second-order valence-electron chi connectivity index (χ2n) is 5.02. The van der Waals surface area contributed by atoms with Crippen molar-refractivity contribution in [1.29, 1.82) is 0 Å². The van der Waals surface area contributed by atoms with Gasteiger partial charge in [-0.2, -0.15) is 4.98 Å². The Morgan fingerprint density at radius 3 is 2.74 bits per heavy atom. The number of nitrogens with zero attached hydrogens (tertiary/aromatic N) is 3. The highest BCUT2D eigenvalue weighted by Gasteiger charge is 2.20. The number of hydrogen-bond donors (Lipinski definition) is 1. The molecular formula is C14H20N4O. The molecule has 5 heteroatoms. The molecule has 0 atom stereocenters. The van der Waals surface area contributed by atoms with Crippen molar-refractivity contribution in [3.63, 3.8) is 0 Å². The summed E-state index contributed by atoms with van der Waals surface area (Å²) < 4.78 is 5.80. The summed E-state index contributed by atoms with van der Waals surface area (Å²) in [6.45, 7) is 7.47. The molecule has 1 aromatic heterocycles. The molecule has 0 unspecified atom stereocenters. The molecule has 2 aromatic rings. The van der Waals surface area contributed by atoms with Gasteiger partial charge in [0.15, 0.2) is 5.58 Å². The highest BCUT2D eigenvalue weighted by Crippen LogP contribution is 2.26.